The van der Waals surface area contributed by atoms with E-state index in [2.05, 4.69) is 400 Å². The van der Waals surface area contributed by atoms with Gasteiger partial charge in [-0.05, 0) is 383 Å². The quantitative estimate of drug-likeness (QED) is 0.0433. The van der Waals surface area contributed by atoms with Gasteiger partial charge >= 0.3 is 0 Å². The lowest BCUT2D eigenvalue weighted by molar-refractivity contribution is 0.524. The third-order valence-electron chi connectivity index (χ3n) is 28.2. The van der Waals surface area contributed by atoms with E-state index in [1.165, 1.54) is 371 Å². The van der Waals surface area contributed by atoms with Gasteiger partial charge in [0.05, 0.1) is 0 Å². The monoisotopic (exact) mass is 2450 g/mol. The van der Waals surface area contributed by atoms with Gasteiger partial charge in [-0.1, -0.05) is 389 Å². The smallest absolute Gasteiger partial charge is 0.173 e. The summed E-state index contributed by atoms with van der Waals surface area (Å²) in [6, 6.07) is 26.6. The highest BCUT2D eigenvalue weighted by Gasteiger charge is 2.41. The van der Waals surface area contributed by atoms with E-state index in [0.29, 0.717) is 0 Å². The van der Waals surface area contributed by atoms with Crippen LogP contribution >= 0.6 is 0 Å². The van der Waals surface area contributed by atoms with E-state index in [1.807, 2.05) is 0 Å². The topological polar surface area (TPSA) is 92.3 Å². The van der Waals surface area contributed by atoms with Crippen molar-refractivity contribution in [3.05, 3.63) is 0 Å². The molecule has 0 aromatic rings. The van der Waals surface area contributed by atoms with E-state index < -0.39 is 166 Å². The molecule has 0 heterocycles. The molecule has 0 aliphatic carbocycles. The van der Waals surface area contributed by atoms with E-state index in [4.69, 9.17) is 41.2 Å². The fourth-order valence-corrected chi connectivity index (χ4v) is 110. The van der Waals surface area contributed by atoms with Crippen molar-refractivity contribution in [1.82, 2.24) is 0 Å². The molecule has 0 aliphatic heterocycles. The van der Waals surface area contributed by atoms with Crippen LogP contribution in [0, 0.1) is 0 Å². The lowest BCUT2D eigenvalue weighted by Crippen LogP contribution is -2.44. The summed E-state index contributed by atoms with van der Waals surface area (Å²) in [5.41, 5.74) is 0. The van der Waals surface area contributed by atoms with Crippen LogP contribution in [0.4, 0.5) is 0 Å². The first-order chi connectivity index (χ1) is 67.8. The fourth-order valence-electron chi connectivity index (χ4n) is 20.8. The first kappa shape index (κ1) is 173. The lowest BCUT2D eigenvalue weighted by atomic mass is 10.3. The molecule has 0 rings (SSSR count). The third kappa shape index (κ3) is 129. The van der Waals surface area contributed by atoms with Gasteiger partial charge in [0.15, 0.2) is 166 Å². The van der Waals surface area contributed by atoms with E-state index in [0.717, 1.165) is 0 Å². The van der Waals surface area contributed by atoms with Gasteiger partial charge in [-0.15, -0.1) is 0 Å². The van der Waals surface area contributed by atoms with Crippen molar-refractivity contribution in [3.8, 4) is 0 Å². The molecule has 0 saturated carbocycles. The van der Waals surface area contributed by atoms with Crippen molar-refractivity contribution < 1.29 is 41.2 Å². The second kappa shape index (κ2) is 93.0. The molecular weight excluding hydrogens is 2150 g/mol. The molecule has 0 saturated heterocycles. The zero-order chi connectivity index (χ0) is 119. The molecule has 0 bridgehead atoms. The molecule has 149 heavy (non-hydrogen) atoms. The Morgan fingerprint density at radius 3 is 0.228 bits per heavy atom. The number of rotatable bonds is 79. The molecule has 10 nitrogen and oxygen atoms in total. The molecule has 0 amide bonds. The third-order valence-corrected chi connectivity index (χ3v) is 104. The molecule has 0 fully saturated rings. The Hall–Kier alpha value is 3.94. The SMILES string of the molecule is CCCCC[Si](C)(C)O[Si](C)(C)CC.CCCCC[Si](C)(C)O[Si](C)(C)CCC.CCCCC[Si](C)(C)O[Si](C)(C)CCC.CCCCC[Si](C)(C)O[Si](C)(C)CCCC.CCCCC[Si](C)(C)O[Si](C)(C)CCCC.CCCCC[Si](C)(C)O[Si](C)(C)CCCCC.CCCC[Si](C)(C)O[Si](C)(C)CC.CCCC[Si](C)(C)O[Si](C)(C)CCC.CCCC[Si](C)(C)O[Si](C)(C)CCC.CCCC[Si](C)(C)O[Si](C)(C)CCCC. The predicted molar refractivity (Wildman–Crippen MR) is 750 cm³/mol. The summed E-state index contributed by atoms with van der Waals surface area (Å²) in [6.45, 7) is 141. The van der Waals surface area contributed by atoms with Crippen molar-refractivity contribution in [2.24, 2.45) is 0 Å². The molecule has 914 valence electrons. The highest BCUT2D eigenvalue weighted by atomic mass is 28.5. The van der Waals surface area contributed by atoms with Gasteiger partial charge in [0.25, 0.3) is 0 Å². The summed E-state index contributed by atoms with van der Waals surface area (Å²) < 4.78 is 64.8. The number of unbranched alkanes of at least 4 members (excludes halogenated alkanes) is 21. The summed E-state index contributed by atoms with van der Waals surface area (Å²) in [4.78, 5) is 0. The maximum absolute atomic E-state index is 6.60. The maximum atomic E-state index is 6.60. The highest BCUT2D eigenvalue weighted by Crippen LogP contribution is 2.35. The normalized spacial score (nSPS) is 13.2. The van der Waals surface area contributed by atoms with E-state index in [9.17, 15) is 0 Å². The van der Waals surface area contributed by atoms with Crippen LogP contribution < -0.4 is 0 Å². The second-order valence-corrected chi connectivity index (χ2v) is 147. The molecule has 0 radical (unpaired) electrons. The Balaban J connectivity index is -0.000000180. The Labute approximate surface area is 970 Å². The standard InChI is InChI=1S/C14H34OSi2.2C13H32OSi2.3C12H30OSi2.3C11H28OSi2.C10H26OSi2/c1-7-9-11-13-16(3,4)15-17(5,6)14-12-10-8-2;2*1-7-9-11-13-16(5,6)14-15(3,4)12-10-8-2;2*1-7-9-10-12-15(5,6)13-14(3,4)11-8-2;1-7-9-11-14(3,4)13-15(5,6)12-10-8-2;1-7-9-10-11-14(5,6)12-13(3,4)8-2;2*1-7-9-11-14(5,6)12-13(3,4)10-8-2;1-7-9-10-13(5,6)11-12(3,4)8-2/h7-14H2,1-6H3;2*7-13H2,1-6H3;3*7-12H2,1-6H3;3*7-11H2,1-6H3;7-10H2,1-6H3. The van der Waals surface area contributed by atoms with Crippen LogP contribution in [0.15, 0.2) is 0 Å². The summed E-state index contributed by atoms with van der Waals surface area (Å²) in [5.74, 6) is 0. The maximum Gasteiger partial charge on any atom is 0.173 e. The van der Waals surface area contributed by atoms with Crippen molar-refractivity contribution in [2.45, 2.75) is 772 Å². The minimum atomic E-state index is -1.37. The first-order valence-electron chi connectivity index (χ1n) is 64.8. The molecule has 0 N–H and O–H groups in total. The highest BCUT2D eigenvalue weighted by molar-refractivity contribution is 6.90. The van der Waals surface area contributed by atoms with Crippen molar-refractivity contribution in [1.29, 1.82) is 0 Å². The van der Waals surface area contributed by atoms with Gasteiger partial charge in [0, 0.05) is 0 Å². The van der Waals surface area contributed by atoms with Crippen LogP contribution in [0.1, 0.15) is 389 Å². The molecular formula is C119H298O10Si20. The lowest BCUT2D eigenvalue weighted by Gasteiger charge is -2.34. The average Bonchev–Trinajstić information content (AvgIpc) is 0.903. The van der Waals surface area contributed by atoms with Gasteiger partial charge in [-0.25, -0.2) is 0 Å². The van der Waals surface area contributed by atoms with Gasteiger partial charge in [-0.3, -0.25) is 0 Å². The molecule has 0 aliphatic rings. The average molecular weight is 2450 g/mol. The van der Waals surface area contributed by atoms with Crippen LogP contribution in [0.3, 0.4) is 0 Å². The summed E-state index contributed by atoms with van der Waals surface area (Å²) in [6.07, 6.45) is 52.0. The predicted octanol–water partition coefficient (Wildman–Crippen LogP) is 49.7. The van der Waals surface area contributed by atoms with Crippen LogP contribution in [0.5, 0.6) is 0 Å². The summed E-state index contributed by atoms with van der Waals surface area (Å²) >= 11 is 0. The zero-order valence-corrected chi connectivity index (χ0v) is 136. The van der Waals surface area contributed by atoms with Gasteiger partial charge in [0.2, 0.25) is 0 Å². The van der Waals surface area contributed by atoms with Gasteiger partial charge in [-0.2, -0.15) is 0 Å². The molecule has 0 aromatic heterocycles. The summed E-state index contributed by atoms with van der Waals surface area (Å²) in [5, 5.41) is 0. The largest absolute Gasteiger partial charge is 0.456 e. The molecule has 30 heteroatoms. The minimum Gasteiger partial charge on any atom is -0.456 e. The van der Waals surface area contributed by atoms with Crippen molar-refractivity contribution >= 4 is 166 Å². The van der Waals surface area contributed by atoms with Gasteiger partial charge < -0.3 is 41.2 Å². The Kier molecular flexibility index (Phi) is 108. The van der Waals surface area contributed by atoms with Crippen LogP contribution in [-0.2, 0) is 41.2 Å². The first-order valence-corrected chi connectivity index (χ1v) is 127. The van der Waals surface area contributed by atoms with E-state index >= 15 is 0 Å². The Bertz CT molecular complexity index is 2760. The molecule has 0 atom stereocenters. The van der Waals surface area contributed by atoms with Crippen LogP contribution in [0.25, 0.3) is 0 Å². The number of hydrogen-bond acceptors (Lipinski definition) is 10. The van der Waals surface area contributed by atoms with Crippen molar-refractivity contribution in [2.75, 3.05) is 0 Å². The van der Waals surface area contributed by atoms with Crippen LogP contribution in [-0.4, -0.2) is 166 Å². The number of hydrogen-bond donors (Lipinski definition) is 0. The molecule has 0 spiro atoms. The van der Waals surface area contributed by atoms with Gasteiger partial charge in [0.1, 0.15) is 0 Å². The molecule has 0 unspecified atom stereocenters. The Morgan fingerprint density at radius 2 is 0.154 bits per heavy atom. The van der Waals surface area contributed by atoms with Crippen LogP contribution in [0.2, 0.25) is 383 Å². The molecule has 0 aromatic carbocycles. The van der Waals surface area contributed by atoms with E-state index in [-0.39, 0.29) is 0 Å². The Morgan fingerprint density at radius 1 is 0.0805 bits per heavy atom. The second-order valence-electron chi connectivity index (χ2n) is 57.8. The van der Waals surface area contributed by atoms with E-state index in [1.54, 1.807) is 0 Å². The summed E-state index contributed by atoms with van der Waals surface area (Å²) in [7, 11) is -26.9. The fraction of sp³-hybridized carbons (Fsp3) is 1.00. The zero-order valence-electron chi connectivity index (χ0n) is 116. The van der Waals surface area contributed by atoms with Crippen molar-refractivity contribution in [3.63, 3.8) is 0 Å². The minimum absolute atomic E-state index is 1.25.